The number of halogens is 1. The lowest BCUT2D eigenvalue weighted by atomic mass is 9.90. The van der Waals surface area contributed by atoms with Crippen molar-refractivity contribution in [1.29, 1.82) is 0 Å². The molecule has 0 aliphatic carbocycles. The van der Waals surface area contributed by atoms with E-state index in [-0.39, 0.29) is 11.9 Å². The Hall–Kier alpha value is -2.53. The number of carbonyl (C=O) groups excluding carboxylic acids is 1. The first-order chi connectivity index (χ1) is 14.0. The van der Waals surface area contributed by atoms with Gasteiger partial charge >= 0.3 is 0 Å². The monoisotopic (exact) mass is 409 g/mol. The van der Waals surface area contributed by atoms with Crippen molar-refractivity contribution in [3.05, 3.63) is 64.2 Å². The lowest BCUT2D eigenvalue weighted by Crippen LogP contribution is -2.59. The van der Waals surface area contributed by atoms with Crippen molar-refractivity contribution in [2.75, 3.05) is 13.1 Å². The molecule has 3 aliphatic rings. The Bertz CT molecular complexity index is 1010. The van der Waals surface area contributed by atoms with Gasteiger partial charge in [0.1, 0.15) is 5.75 Å². The van der Waals surface area contributed by atoms with E-state index in [2.05, 4.69) is 30.1 Å². The number of rotatable bonds is 1. The maximum Gasteiger partial charge on any atom is 0.219 e. The summed E-state index contributed by atoms with van der Waals surface area (Å²) in [6.45, 7) is 5.09. The summed E-state index contributed by atoms with van der Waals surface area (Å²) in [7, 11) is 0. The number of hydrogen-bond donors (Lipinski definition) is 0. The lowest BCUT2D eigenvalue weighted by Gasteiger charge is -2.51. The average Bonchev–Trinajstić information content (AvgIpc) is 3.16. The molecule has 5 rings (SSSR count). The first-order valence-electron chi connectivity index (χ1n) is 10.1. The third-order valence-corrected chi connectivity index (χ3v) is 6.66. The van der Waals surface area contributed by atoms with Crippen molar-refractivity contribution in [2.45, 2.75) is 44.9 Å². The van der Waals surface area contributed by atoms with E-state index < -0.39 is 5.72 Å². The van der Waals surface area contributed by atoms with E-state index in [4.69, 9.17) is 21.4 Å². The van der Waals surface area contributed by atoms with E-state index in [9.17, 15) is 4.79 Å². The highest BCUT2D eigenvalue weighted by molar-refractivity contribution is 6.34. The van der Waals surface area contributed by atoms with E-state index in [1.54, 1.807) is 6.92 Å². The number of hydrogen-bond acceptors (Lipinski definition) is 4. The predicted molar refractivity (Wildman–Crippen MR) is 113 cm³/mol. The van der Waals surface area contributed by atoms with E-state index in [1.807, 2.05) is 29.2 Å². The Morgan fingerprint density at radius 2 is 1.97 bits per heavy atom. The zero-order valence-electron chi connectivity index (χ0n) is 16.7. The molecule has 2 aromatic rings. The third kappa shape index (κ3) is 2.99. The highest BCUT2D eigenvalue weighted by atomic mass is 35.5. The molecule has 1 atom stereocenters. The first kappa shape index (κ1) is 18.5. The lowest BCUT2D eigenvalue weighted by molar-refractivity contribution is -0.158. The van der Waals surface area contributed by atoms with Crippen LogP contribution in [-0.4, -0.2) is 40.3 Å². The van der Waals surface area contributed by atoms with Crippen molar-refractivity contribution >= 4 is 23.2 Å². The molecule has 0 unspecified atom stereocenters. The molecule has 0 aromatic heterocycles. The molecular formula is C23H24ClN3O2. The van der Waals surface area contributed by atoms with Crippen LogP contribution >= 0.6 is 11.6 Å². The van der Waals surface area contributed by atoms with Gasteiger partial charge in [0, 0.05) is 55.4 Å². The minimum absolute atomic E-state index is 0.116. The molecule has 1 saturated heterocycles. The Labute approximate surface area is 175 Å². The Morgan fingerprint density at radius 1 is 1.21 bits per heavy atom. The summed E-state index contributed by atoms with van der Waals surface area (Å²) in [6.07, 6.45) is 2.26. The largest absolute Gasteiger partial charge is 0.466 e. The van der Waals surface area contributed by atoms with Gasteiger partial charge in [-0.25, -0.2) is 5.01 Å². The number of amides is 1. The van der Waals surface area contributed by atoms with Gasteiger partial charge in [0.05, 0.1) is 11.8 Å². The molecule has 29 heavy (non-hydrogen) atoms. The van der Waals surface area contributed by atoms with Gasteiger partial charge in [0.2, 0.25) is 11.6 Å². The number of likely N-dealkylation sites (tertiary alicyclic amines) is 1. The van der Waals surface area contributed by atoms with Crippen LogP contribution in [0.25, 0.3) is 0 Å². The van der Waals surface area contributed by atoms with Crippen LogP contribution in [0.2, 0.25) is 5.02 Å². The van der Waals surface area contributed by atoms with Crippen molar-refractivity contribution in [3.8, 4) is 5.75 Å². The van der Waals surface area contributed by atoms with Gasteiger partial charge in [-0.2, -0.15) is 5.10 Å². The fourth-order valence-corrected chi connectivity index (χ4v) is 5.01. The molecule has 0 bridgehead atoms. The van der Waals surface area contributed by atoms with Crippen LogP contribution < -0.4 is 4.74 Å². The van der Waals surface area contributed by atoms with Crippen LogP contribution in [0, 0.1) is 6.92 Å². The molecule has 150 valence electrons. The van der Waals surface area contributed by atoms with Crippen LogP contribution in [0.5, 0.6) is 5.75 Å². The molecule has 0 radical (unpaired) electrons. The van der Waals surface area contributed by atoms with Gasteiger partial charge in [-0.15, -0.1) is 0 Å². The molecule has 2 aromatic carbocycles. The van der Waals surface area contributed by atoms with E-state index >= 15 is 0 Å². The van der Waals surface area contributed by atoms with Gasteiger partial charge in [0.15, 0.2) is 0 Å². The summed E-state index contributed by atoms with van der Waals surface area (Å²) >= 11 is 6.48. The normalized spacial score (nSPS) is 22.0. The Kier molecular flexibility index (Phi) is 4.32. The molecule has 0 saturated carbocycles. The molecule has 6 heteroatoms. The van der Waals surface area contributed by atoms with Gasteiger partial charge in [-0.05, 0) is 19.1 Å². The number of fused-ring (bicyclic) bond motifs is 4. The number of carbonyl (C=O) groups is 1. The fraction of sp³-hybridized carbons (Fsp3) is 0.391. The van der Waals surface area contributed by atoms with Crippen LogP contribution in [0.1, 0.15) is 48.9 Å². The number of nitrogens with zero attached hydrogens (tertiary/aromatic N) is 3. The average molecular weight is 410 g/mol. The minimum atomic E-state index is -0.526. The smallest absolute Gasteiger partial charge is 0.219 e. The summed E-state index contributed by atoms with van der Waals surface area (Å²) in [5.41, 5.74) is 3.83. The van der Waals surface area contributed by atoms with E-state index in [0.717, 1.165) is 41.3 Å². The second-order valence-corrected chi connectivity index (χ2v) is 8.59. The third-order valence-electron chi connectivity index (χ3n) is 6.33. The molecule has 1 spiro atoms. The number of benzene rings is 2. The summed E-state index contributed by atoms with van der Waals surface area (Å²) in [5, 5.41) is 7.93. The number of piperidine rings is 1. The van der Waals surface area contributed by atoms with Crippen LogP contribution in [0.3, 0.4) is 0 Å². The Balaban J connectivity index is 1.57. The van der Waals surface area contributed by atoms with Crippen molar-refractivity contribution in [2.24, 2.45) is 5.10 Å². The highest BCUT2D eigenvalue weighted by Gasteiger charge is 2.52. The van der Waals surface area contributed by atoms with Crippen molar-refractivity contribution < 1.29 is 9.53 Å². The quantitative estimate of drug-likeness (QED) is 0.695. The second kappa shape index (κ2) is 6.77. The zero-order chi connectivity index (χ0) is 20.2. The predicted octanol–water partition coefficient (Wildman–Crippen LogP) is 4.53. The van der Waals surface area contributed by atoms with Crippen molar-refractivity contribution in [1.82, 2.24) is 9.91 Å². The minimum Gasteiger partial charge on any atom is -0.466 e. The SMILES string of the molecule is CC(=O)N1CCC2(CC1)Oc1ccc(C)cc1[C@H]1CC(c3ccccc3Cl)=NN12. The van der Waals surface area contributed by atoms with Crippen LogP contribution in [0.4, 0.5) is 0 Å². The zero-order valence-corrected chi connectivity index (χ0v) is 17.4. The van der Waals surface area contributed by atoms with Crippen LogP contribution in [0.15, 0.2) is 47.6 Å². The number of aryl methyl sites for hydroxylation is 1. The first-order valence-corrected chi connectivity index (χ1v) is 10.5. The van der Waals surface area contributed by atoms with E-state index in [1.165, 1.54) is 11.1 Å². The number of hydrazone groups is 1. The topological polar surface area (TPSA) is 45.1 Å². The van der Waals surface area contributed by atoms with Crippen LogP contribution in [-0.2, 0) is 4.79 Å². The maximum atomic E-state index is 11.8. The van der Waals surface area contributed by atoms with Gasteiger partial charge < -0.3 is 9.64 Å². The maximum absolute atomic E-state index is 11.8. The van der Waals surface area contributed by atoms with Crippen molar-refractivity contribution in [3.63, 3.8) is 0 Å². The molecule has 1 fully saturated rings. The molecule has 1 amide bonds. The standard InChI is InChI=1S/C23H24ClN3O2/c1-15-7-8-22-18(13-15)21-14-20(17-5-3-4-6-19(17)24)25-27(21)23(29-22)9-11-26(12-10-23)16(2)28/h3-8,13,21H,9-12,14H2,1-2H3/t21-/m1/s1. The molecule has 3 aliphatic heterocycles. The summed E-state index contributed by atoms with van der Waals surface area (Å²) < 4.78 is 6.62. The van der Waals surface area contributed by atoms with Gasteiger partial charge in [-0.1, -0.05) is 47.5 Å². The van der Waals surface area contributed by atoms with Gasteiger partial charge in [-0.3, -0.25) is 4.79 Å². The molecule has 0 N–H and O–H groups in total. The number of ether oxygens (including phenoxy) is 1. The molecular weight excluding hydrogens is 386 g/mol. The fourth-order valence-electron chi connectivity index (χ4n) is 4.76. The molecule has 3 heterocycles. The highest BCUT2D eigenvalue weighted by Crippen LogP contribution is 2.50. The van der Waals surface area contributed by atoms with Gasteiger partial charge in [0.25, 0.3) is 0 Å². The summed E-state index contributed by atoms with van der Waals surface area (Å²) in [6, 6.07) is 14.4. The summed E-state index contributed by atoms with van der Waals surface area (Å²) in [4.78, 5) is 13.7. The second-order valence-electron chi connectivity index (χ2n) is 8.19. The van der Waals surface area contributed by atoms with E-state index in [0.29, 0.717) is 13.1 Å². The Morgan fingerprint density at radius 3 is 2.69 bits per heavy atom. The summed E-state index contributed by atoms with van der Waals surface area (Å²) in [5.74, 6) is 1.05. The molecule has 5 nitrogen and oxygen atoms in total.